The zero-order valence-electron chi connectivity index (χ0n) is 53.6. The summed E-state index contributed by atoms with van der Waals surface area (Å²) in [4.78, 5) is 105. The number of methoxy groups -OCH3 is 2. The van der Waals surface area contributed by atoms with Gasteiger partial charge in [-0.15, -0.1) is 0 Å². The number of nitrogens with one attached hydrogen (secondary N) is 2. The molecule has 4 aliphatic heterocycles. The summed E-state index contributed by atoms with van der Waals surface area (Å²) in [6.07, 6.45) is 11.7. The number of esters is 1. The molecule has 2 bridgehead atoms. The normalized spacial score (nSPS) is 34.3. The zero-order valence-corrected chi connectivity index (χ0v) is 53.6. The number of nitrogens with zero attached hydrogens (tertiary/aromatic N) is 7. The van der Waals surface area contributed by atoms with Gasteiger partial charge in [-0.05, 0) is 94.6 Å². The number of cyclic esters (lactones) is 1. The van der Waals surface area contributed by atoms with Crippen molar-refractivity contribution in [1.82, 2.24) is 35.5 Å². The molecule has 3 saturated heterocycles. The van der Waals surface area contributed by atoms with Crippen LogP contribution in [0.1, 0.15) is 135 Å². The summed E-state index contributed by atoms with van der Waals surface area (Å²) in [5.74, 6) is -6.87. The van der Waals surface area contributed by atoms with Crippen molar-refractivity contribution in [2.24, 2.45) is 35.3 Å². The Hall–Kier alpha value is -6.42. The number of amides is 2. The number of alkyl carbamates (subject to hydrolysis) is 1. The van der Waals surface area contributed by atoms with Crippen molar-refractivity contribution in [3.05, 3.63) is 83.5 Å². The van der Waals surface area contributed by atoms with Gasteiger partial charge in [-0.1, -0.05) is 70.6 Å². The number of allylic oxidation sites excluding steroid dienone is 6. The van der Waals surface area contributed by atoms with Gasteiger partial charge in [0.1, 0.15) is 36.2 Å². The molecule has 25 heteroatoms. The van der Waals surface area contributed by atoms with E-state index in [4.69, 9.17) is 29.4 Å². The lowest BCUT2D eigenvalue weighted by Crippen LogP contribution is -2.62. The fourth-order valence-electron chi connectivity index (χ4n) is 12.8. The van der Waals surface area contributed by atoms with Crippen LogP contribution >= 0.6 is 0 Å². The van der Waals surface area contributed by atoms with Gasteiger partial charge in [0.15, 0.2) is 12.0 Å². The van der Waals surface area contributed by atoms with Crippen molar-refractivity contribution in [3.8, 4) is 0 Å². The number of aromatic nitrogens is 4. The minimum atomic E-state index is -2.40. The fraction of sp³-hybridized carbons (Fsp3) is 0.662. The molecule has 0 aromatic carbocycles. The molecular weight excluding hydrogens is 1160 g/mol. The van der Waals surface area contributed by atoms with Crippen molar-refractivity contribution in [2.75, 3.05) is 63.8 Å². The van der Waals surface area contributed by atoms with Crippen molar-refractivity contribution in [1.29, 1.82) is 0 Å². The third-order valence-electron chi connectivity index (χ3n) is 18.5. The number of carbonyl (C=O) groups excluding carboxylic acids is 6. The Bertz CT molecular complexity index is 2870. The fourth-order valence-corrected chi connectivity index (χ4v) is 12.8. The summed E-state index contributed by atoms with van der Waals surface area (Å²) in [6, 6.07) is -2.12. The molecule has 4 fully saturated rings. The van der Waals surface area contributed by atoms with Crippen LogP contribution in [0.4, 0.5) is 16.7 Å². The van der Waals surface area contributed by atoms with E-state index in [1.807, 2.05) is 54.0 Å². The van der Waals surface area contributed by atoms with Crippen molar-refractivity contribution in [3.63, 3.8) is 0 Å². The number of hydrogen-bond acceptors (Lipinski definition) is 23. The van der Waals surface area contributed by atoms with Crippen LogP contribution in [0.25, 0.3) is 0 Å². The van der Waals surface area contributed by atoms with Crippen LogP contribution in [-0.2, 0) is 49.4 Å². The first-order chi connectivity index (χ1) is 42.9. The van der Waals surface area contributed by atoms with E-state index in [1.54, 1.807) is 47.3 Å². The Morgan fingerprint density at radius 3 is 2.10 bits per heavy atom. The molecule has 1 saturated carbocycles. The second-order valence-corrected chi connectivity index (χ2v) is 25.2. The van der Waals surface area contributed by atoms with Crippen LogP contribution in [0.15, 0.2) is 72.4 Å². The molecule has 7 rings (SSSR count). The van der Waals surface area contributed by atoms with E-state index < -0.39 is 114 Å². The lowest BCUT2D eigenvalue weighted by atomic mass is 9.80. The average Bonchev–Trinajstić information content (AvgIpc) is 1.87. The summed E-state index contributed by atoms with van der Waals surface area (Å²) in [6.45, 7) is 13.0. The van der Waals surface area contributed by atoms with Crippen LogP contribution < -0.4 is 26.2 Å². The number of Topliss-reactive ketones (excluding diaryl/α,β-unsaturated/α-hetero) is 3. The number of rotatable bonds is 11. The Morgan fingerprint density at radius 2 is 1.46 bits per heavy atom. The summed E-state index contributed by atoms with van der Waals surface area (Å²) in [7, 11) is 4.63. The van der Waals surface area contributed by atoms with E-state index in [0.717, 1.165) is 5.57 Å². The molecule has 25 nitrogen and oxygen atoms in total. The number of piperazine rings is 1. The van der Waals surface area contributed by atoms with Crippen LogP contribution in [-0.4, -0.2) is 201 Å². The lowest BCUT2D eigenvalue weighted by Gasteiger charge is -2.45. The van der Waals surface area contributed by atoms with Gasteiger partial charge < -0.3 is 70.3 Å². The van der Waals surface area contributed by atoms with Gasteiger partial charge in [0, 0.05) is 128 Å². The standard InChI is InChI=1S/C65H96N10O15/c1-38-15-11-10-12-16-39(2)52(86-8)31-47-20-18-43(6)65(85,90-47)58(80)60(82)75-22-14-13-17-49(75)61(83)88-53(32-50(76)40(3)28-42(5)56(78)57(79)55(77)41(4)27-38)48(66)29-44-19-21-51(54(30-44)87-9)89-64(84)72-35-45-33-68-62(69-34-45)73-23-25-74(26-24-73)63-70-36-46(37-71-63)59(81)67-7/h10-12,15-16,28,33-34,36-38,40-41,43-44,47-49,51-54,56-57,60,78-79,82,85H,13-14,17-27,29-32,35,66H2,1-9H3,(H,67,81)(H,72,84)/b12-10+,15-11+,39-16+,42-28+/t38-,40-,41-,43-,44?,47+,48-,49+,51-,52+,53+,54-,56-,57+,60?,65-/m1/s1. The maximum Gasteiger partial charge on any atom is 0.407 e. The first-order valence-corrected chi connectivity index (χ1v) is 31.8. The zero-order chi connectivity index (χ0) is 65.4. The predicted molar refractivity (Wildman–Crippen MR) is 333 cm³/mol. The third-order valence-corrected chi connectivity index (χ3v) is 18.5. The van der Waals surface area contributed by atoms with Gasteiger partial charge in [0.2, 0.25) is 23.5 Å². The number of fused-ring (bicyclic) bond motifs is 3. The van der Waals surface area contributed by atoms with E-state index in [1.165, 1.54) is 37.4 Å². The number of hydrogen-bond donors (Lipinski definition) is 7. The molecule has 5 aliphatic rings. The number of nitrogens with two attached hydrogens (primary N) is 1. The van der Waals surface area contributed by atoms with E-state index in [-0.39, 0.29) is 55.7 Å². The molecule has 2 aromatic rings. The Labute approximate surface area is 528 Å². The number of piperidine rings is 1. The van der Waals surface area contributed by atoms with E-state index in [0.29, 0.717) is 107 Å². The highest BCUT2D eigenvalue weighted by Crippen LogP contribution is 2.38. The molecule has 16 atom stereocenters. The number of carbonyl (C=O) groups is 6. The molecule has 0 radical (unpaired) electrons. The highest BCUT2D eigenvalue weighted by atomic mass is 16.6. The highest BCUT2D eigenvalue weighted by Gasteiger charge is 2.53. The summed E-state index contributed by atoms with van der Waals surface area (Å²) < 4.78 is 30.2. The van der Waals surface area contributed by atoms with Crippen LogP contribution in [0.2, 0.25) is 0 Å². The first kappa shape index (κ1) is 71.0. The molecule has 496 valence electrons. The minimum absolute atomic E-state index is 0.0727. The number of aliphatic hydroxyl groups is 4. The minimum Gasteiger partial charge on any atom is -0.459 e. The van der Waals surface area contributed by atoms with Gasteiger partial charge in [-0.2, -0.15) is 0 Å². The topological polar surface area (TPSA) is 341 Å². The van der Waals surface area contributed by atoms with E-state index in [9.17, 15) is 49.2 Å². The number of ketones is 3. The summed E-state index contributed by atoms with van der Waals surface area (Å²) in [5.41, 5.74) is 9.09. The molecular formula is C65H96N10O15. The van der Waals surface area contributed by atoms with Crippen LogP contribution in [0.5, 0.6) is 0 Å². The SMILES string of the molecule is CNC(=O)c1cnc(N2CCN(c3ncc(CNC(=O)O[C@@H]4CCC(C[C@@H](N)[C@@H]5CC(=O)[C@H](C)/C=C(\C)[C@@H](O)[C@@H](O)C(=O)[C@H](C)C[C@H](C)/C=C/C=C/C=C(\C)[C@@H](OC)C[C@@H]6CC[C@@H](C)[C@@](O)(O6)C(=O)C(O)N6CCCC[C@H]6C(=O)O5)C[C@H]4OC)cn3)CC2)nc1. The van der Waals surface area contributed by atoms with Gasteiger partial charge in [0.05, 0.1) is 23.9 Å². The van der Waals surface area contributed by atoms with Crippen LogP contribution in [0.3, 0.4) is 0 Å². The number of aliphatic hydroxyl groups excluding tert-OH is 3. The number of anilines is 2. The quantitative estimate of drug-likeness (QED) is 0.122. The molecule has 1 aliphatic carbocycles. The summed E-state index contributed by atoms with van der Waals surface area (Å²) >= 11 is 0. The van der Waals surface area contributed by atoms with Gasteiger partial charge in [0.25, 0.3) is 5.91 Å². The first-order valence-electron chi connectivity index (χ1n) is 31.8. The van der Waals surface area contributed by atoms with Crippen LogP contribution in [0, 0.1) is 29.6 Å². The average molecular weight is 1260 g/mol. The van der Waals surface area contributed by atoms with Crippen molar-refractivity contribution >= 4 is 47.2 Å². The van der Waals surface area contributed by atoms with Gasteiger partial charge in [-0.3, -0.25) is 28.9 Å². The Kier molecular flexibility index (Phi) is 26.2. The highest BCUT2D eigenvalue weighted by molar-refractivity contribution is 5.93. The van der Waals surface area contributed by atoms with Gasteiger partial charge >= 0.3 is 12.1 Å². The second kappa shape index (κ2) is 33.2. The molecule has 8 N–H and O–H groups in total. The molecule has 2 unspecified atom stereocenters. The Morgan fingerprint density at radius 1 is 0.789 bits per heavy atom. The maximum absolute atomic E-state index is 14.7. The maximum atomic E-state index is 14.7. The largest absolute Gasteiger partial charge is 0.459 e. The molecule has 2 aromatic heterocycles. The van der Waals surface area contributed by atoms with Gasteiger partial charge in [-0.25, -0.2) is 24.7 Å². The molecule has 0 spiro atoms. The lowest BCUT2D eigenvalue weighted by molar-refractivity contribution is -0.275. The van der Waals surface area contributed by atoms with E-state index >= 15 is 0 Å². The monoisotopic (exact) mass is 1260 g/mol. The second-order valence-electron chi connectivity index (χ2n) is 25.2. The Balaban J connectivity index is 1.01. The molecule has 2 amide bonds. The third kappa shape index (κ3) is 18.6. The van der Waals surface area contributed by atoms with Crippen molar-refractivity contribution < 1.29 is 72.9 Å². The van der Waals surface area contributed by atoms with E-state index in [2.05, 4.69) is 30.6 Å². The van der Waals surface area contributed by atoms with Crippen molar-refractivity contribution in [2.45, 2.75) is 192 Å². The summed E-state index contributed by atoms with van der Waals surface area (Å²) in [5, 5.41) is 51.9. The molecule has 6 heterocycles. The number of ether oxygens (including phenoxy) is 5. The smallest absolute Gasteiger partial charge is 0.407 e. The molecule has 90 heavy (non-hydrogen) atoms. The predicted octanol–water partition coefficient (Wildman–Crippen LogP) is 4.21.